The molecule has 1 heterocycles. The van der Waals surface area contributed by atoms with Crippen LogP contribution in [0.5, 0.6) is 5.75 Å². The van der Waals surface area contributed by atoms with Crippen molar-refractivity contribution in [2.45, 2.75) is 52.4 Å². The smallest absolute Gasteiger partial charge is 0.341 e. The molecule has 176 valence electrons. The molecule has 2 N–H and O–H groups in total. The van der Waals surface area contributed by atoms with Gasteiger partial charge in [-0.3, -0.25) is 9.59 Å². The van der Waals surface area contributed by atoms with Crippen molar-refractivity contribution in [1.82, 2.24) is 5.43 Å². The fourth-order valence-corrected chi connectivity index (χ4v) is 4.71. The Kier molecular flexibility index (Phi) is 9.00. The minimum Gasteiger partial charge on any atom is -0.494 e. The van der Waals surface area contributed by atoms with E-state index in [-0.39, 0.29) is 6.61 Å². The molecule has 1 aromatic carbocycles. The van der Waals surface area contributed by atoms with Crippen molar-refractivity contribution in [2.75, 3.05) is 18.5 Å². The molecule has 2 amide bonds. The Bertz CT molecular complexity index is 1010. The van der Waals surface area contributed by atoms with Crippen molar-refractivity contribution in [3.8, 4) is 5.75 Å². The Morgan fingerprint density at radius 1 is 1.09 bits per heavy atom. The maximum absolute atomic E-state index is 12.5. The van der Waals surface area contributed by atoms with E-state index in [1.807, 2.05) is 12.1 Å². The molecule has 2 aromatic rings. The van der Waals surface area contributed by atoms with E-state index in [4.69, 9.17) is 9.47 Å². The predicted octanol–water partition coefficient (Wildman–Crippen LogP) is 4.07. The third-order valence-electron chi connectivity index (χ3n) is 5.11. The fourth-order valence-electron chi connectivity index (χ4n) is 3.43. The molecule has 0 saturated carbocycles. The Hall–Kier alpha value is -3.20. The van der Waals surface area contributed by atoms with Gasteiger partial charge in [-0.1, -0.05) is 13.3 Å². The van der Waals surface area contributed by atoms with Crippen molar-refractivity contribution >= 4 is 40.3 Å². The third kappa shape index (κ3) is 6.64. The van der Waals surface area contributed by atoms with E-state index in [2.05, 4.69) is 22.8 Å². The van der Waals surface area contributed by atoms with Gasteiger partial charge in [-0.2, -0.15) is 5.10 Å². The molecule has 0 radical (unpaired) electrons. The van der Waals surface area contributed by atoms with E-state index < -0.39 is 17.8 Å². The van der Waals surface area contributed by atoms with Gasteiger partial charge in [0.25, 0.3) is 0 Å². The van der Waals surface area contributed by atoms with Gasteiger partial charge in [0.15, 0.2) is 0 Å². The molecular weight excluding hydrogens is 442 g/mol. The number of aryl methyl sites for hydroxylation is 1. The van der Waals surface area contributed by atoms with Crippen LogP contribution in [0.1, 0.15) is 65.9 Å². The van der Waals surface area contributed by atoms with E-state index in [0.717, 1.165) is 60.3 Å². The molecule has 8 nitrogen and oxygen atoms in total. The molecule has 3 rings (SSSR count). The first-order valence-electron chi connectivity index (χ1n) is 11.2. The van der Waals surface area contributed by atoms with Crippen LogP contribution in [0, 0.1) is 0 Å². The number of hydrogen-bond acceptors (Lipinski definition) is 7. The van der Waals surface area contributed by atoms with Crippen LogP contribution in [0.2, 0.25) is 0 Å². The van der Waals surface area contributed by atoms with Crippen molar-refractivity contribution < 1.29 is 23.9 Å². The van der Waals surface area contributed by atoms with Gasteiger partial charge in [-0.25, -0.2) is 10.2 Å². The SMILES string of the molecule is CCCCOc1ccc(/C=N/NC(=O)C(=O)Nc2sc3c(c2C(=O)OCC)CCCC3)cc1. The molecule has 1 aliphatic rings. The topological polar surface area (TPSA) is 106 Å². The highest BCUT2D eigenvalue weighted by atomic mass is 32.1. The minimum atomic E-state index is -0.924. The number of nitrogens with one attached hydrogen (secondary N) is 2. The fraction of sp³-hybridized carbons (Fsp3) is 0.417. The number of benzene rings is 1. The van der Waals surface area contributed by atoms with Crippen LogP contribution in [0.3, 0.4) is 0 Å². The number of unbranched alkanes of at least 4 members (excludes halogenated alkanes) is 1. The zero-order valence-electron chi connectivity index (χ0n) is 18.9. The Balaban J connectivity index is 1.59. The van der Waals surface area contributed by atoms with Crippen LogP contribution in [0.25, 0.3) is 0 Å². The Morgan fingerprint density at radius 3 is 2.58 bits per heavy atom. The summed E-state index contributed by atoms with van der Waals surface area (Å²) in [5, 5.41) is 6.76. The lowest BCUT2D eigenvalue weighted by Crippen LogP contribution is -2.32. The number of anilines is 1. The number of carbonyl (C=O) groups excluding carboxylic acids is 3. The summed E-state index contributed by atoms with van der Waals surface area (Å²) in [6.45, 7) is 4.73. The monoisotopic (exact) mass is 471 g/mol. The third-order valence-corrected chi connectivity index (χ3v) is 6.32. The van der Waals surface area contributed by atoms with Crippen molar-refractivity contribution in [3.63, 3.8) is 0 Å². The number of amides is 2. The largest absolute Gasteiger partial charge is 0.494 e. The number of carbonyl (C=O) groups is 3. The zero-order chi connectivity index (χ0) is 23.6. The predicted molar refractivity (Wildman–Crippen MR) is 128 cm³/mol. The number of nitrogens with zero attached hydrogens (tertiary/aromatic N) is 1. The molecule has 0 spiro atoms. The van der Waals surface area contributed by atoms with Gasteiger partial charge < -0.3 is 14.8 Å². The van der Waals surface area contributed by atoms with Gasteiger partial charge in [0, 0.05) is 4.88 Å². The summed E-state index contributed by atoms with van der Waals surface area (Å²) in [5.41, 5.74) is 4.24. The number of hydrogen-bond donors (Lipinski definition) is 2. The number of rotatable bonds is 9. The van der Waals surface area contributed by atoms with Crippen LogP contribution >= 0.6 is 11.3 Å². The van der Waals surface area contributed by atoms with Gasteiger partial charge in [-0.05, 0) is 74.4 Å². The average molecular weight is 472 g/mol. The zero-order valence-corrected chi connectivity index (χ0v) is 19.8. The van der Waals surface area contributed by atoms with Crippen LogP contribution in [0.4, 0.5) is 5.00 Å². The molecule has 33 heavy (non-hydrogen) atoms. The number of thiophene rings is 1. The molecule has 0 bridgehead atoms. The summed E-state index contributed by atoms with van der Waals surface area (Å²) >= 11 is 1.33. The highest BCUT2D eigenvalue weighted by Crippen LogP contribution is 2.38. The van der Waals surface area contributed by atoms with Crippen LogP contribution in [0.15, 0.2) is 29.4 Å². The van der Waals surface area contributed by atoms with Crippen molar-refractivity contribution in [3.05, 3.63) is 45.8 Å². The van der Waals surface area contributed by atoms with Gasteiger partial charge >= 0.3 is 17.8 Å². The highest BCUT2D eigenvalue weighted by Gasteiger charge is 2.28. The summed E-state index contributed by atoms with van der Waals surface area (Å²) in [5.74, 6) is -1.53. The standard InChI is InChI=1S/C24H29N3O5S/c1-3-5-14-32-17-12-10-16(11-13-17)15-25-27-22(29)21(28)26-23-20(24(30)31-4-2)18-8-6-7-9-19(18)33-23/h10-13,15H,3-9,14H2,1-2H3,(H,26,28)(H,27,29)/b25-15+. The van der Waals surface area contributed by atoms with Crippen LogP contribution in [-0.2, 0) is 27.2 Å². The van der Waals surface area contributed by atoms with Crippen LogP contribution < -0.4 is 15.5 Å². The van der Waals surface area contributed by atoms with E-state index in [1.54, 1.807) is 19.1 Å². The Labute approximate surface area is 197 Å². The van der Waals surface area contributed by atoms with Gasteiger partial charge in [0.05, 0.1) is 25.0 Å². The minimum absolute atomic E-state index is 0.234. The number of hydrazone groups is 1. The second kappa shape index (κ2) is 12.2. The second-order valence-electron chi connectivity index (χ2n) is 7.56. The normalized spacial score (nSPS) is 12.8. The highest BCUT2D eigenvalue weighted by molar-refractivity contribution is 7.17. The number of ether oxygens (including phenoxy) is 2. The van der Waals surface area contributed by atoms with E-state index >= 15 is 0 Å². The van der Waals surface area contributed by atoms with E-state index in [9.17, 15) is 14.4 Å². The maximum atomic E-state index is 12.5. The first-order valence-corrected chi connectivity index (χ1v) is 12.0. The molecule has 0 atom stereocenters. The lowest BCUT2D eigenvalue weighted by atomic mass is 9.95. The lowest BCUT2D eigenvalue weighted by molar-refractivity contribution is -0.136. The Morgan fingerprint density at radius 2 is 1.85 bits per heavy atom. The molecule has 0 saturated heterocycles. The van der Waals surface area contributed by atoms with Crippen molar-refractivity contribution in [1.29, 1.82) is 0 Å². The lowest BCUT2D eigenvalue weighted by Gasteiger charge is -2.12. The molecule has 9 heteroatoms. The van der Waals surface area contributed by atoms with Gasteiger partial charge in [-0.15, -0.1) is 11.3 Å². The van der Waals surface area contributed by atoms with Gasteiger partial charge in [0.2, 0.25) is 0 Å². The number of fused-ring (bicyclic) bond motifs is 1. The summed E-state index contributed by atoms with van der Waals surface area (Å²) in [6.07, 6.45) is 7.11. The molecule has 1 aliphatic carbocycles. The summed E-state index contributed by atoms with van der Waals surface area (Å²) in [6, 6.07) is 7.25. The number of esters is 1. The quantitative estimate of drug-likeness (QED) is 0.189. The van der Waals surface area contributed by atoms with Gasteiger partial charge in [0.1, 0.15) is 10.8 Å². The summed E-state index contributed by atoms with van der Waals surface area (Å²) in [7, 11) is 0. The molecule has 0 unspecified atom stereocenters. The maximum Gasteiger partial charge on any atom is 0.341 e. The van der Waals surface area contributed by atoms with Crippen molar-refractivity contribution in [2.24, 2.45) is 5.10 Å². The summed E-state index contributed by atoms with van der Waals surface area (Å²) in [4.78, 5) is 38.2. The molecular formula is C24H29N3O5S. The molecule has 1 aromatic heterocycles. The molecule has 0 aliphatic heterocycles. The average Bonchev–Trinajstić information content (AvgIpc) is 3.18. The van der Waals surface area contributed by atoms with E-state index in [1.165, 1.54) is 17.6 Å². The second-order valence-corrected chi connectivity index (χ2v) is 8.66. The molecule has 0 fully saturated rings. The first-order chi connectivity index (χ1) is 16.0. The summed E-state index contributed by atoms with van der Waals surface area (Å²) < 4.78 is 10.8. The van der Waals surface area contributed by atoms with E-state index in [0.29, 0.717) is 17.2 Å². The van der Waals surface area contributed by atoms with Crippen LogP contribution in [-0.4, -0.2) is 37.2 Å². The first kappa shape index (κ1) is 24.4.